The van der Waals surface area contributed by atoms with E-state index >= 15 is 0 Å². The normalized spacial score (nSPS) is 25.5. The van der Waals surface area contributed by atoms with E-state index in [9.17, 15) is 10.2 Å². The Morgan fingerprint density at radius 1 is 1.50 bits per heavy atom. The van der Waals surface area contributed by atoms with Crippen LogP contribution in [-0.2, 0) is 0 Å². The summed E-state index contributed by atoms with van der Waals surface area (Å²) in [4.78, 5) is 2.25. The fourth-order valence-corrected chi connectivity index (χ4v) is 3.23. The van der Waals surface area contributed by atoms with Crippen LogP contribution >= 0.6 is 15.9 Å². The summed E-state index contributed by atoms with van der Waals surface area (Å²) in [7, 11) is 0. The van der Waals surface area contributed by atoms with E-state index in [4.69, 9.17) is 0 Å². The Morgan fingerprint density at radius 3 is 2.78 bits per heavy atom. The summed E-state index contributed by atoms with van der Waals surface area (Å²) in [6.07, 6.45) is 0.650. The second-order valence-corrected chi connectivity index (χ2v) is 5.95. The summed E-state index contributed by atoms with van der Waals surface area (Å²) in [5.74, 6) is 0.512. The number of anilines is 1. The summed E-state index contributed by atoms with van der Waals surface area (Å²) in [5, 5.41) is 19.1. The van der Waals surface area contributed by atoms with E-state index in [1.807, 2.05) is 18.2 Å². The van der Waals surface area contributed by atoms with E-state index in [2.05, 4.69) is 27.8 Å². The van der Waals surface area contributed by atoms with Gasteiger partial charge in [0.2, 0.25) is 0 Å². The molecule has 1 fully saturated rings. The number of benzene rings is 1. The van der Waals surface area contributed by atoms with E-state index in [0.29, 0.717) is 5.92 Å². The third-order valence-corrected chi connectivity index (χ3v) is 4.47. The van der Waals surface area contributed by atoms with Gasteiger partial charge in [-0.3, -0.25) is 0 Å². The van der Waals surface area contributed by atoms with Crippen LogP contribution in [0.5, 0.6) is 0 Å². The van der Waals surface area contributed by atoms with Gasteiger partial charge in [0.05, 0.1) is 24.4 Å². The minimum absolute atomic E-state index is 0.186. The van der Waals surface area contributed by atoms with Crippen LogP contribution in [0, 0.1) is 5.92 Å². The molecular formula is C14H20BrNO2. The minimum atomic E-state index is -0.457. The largest absolute Gasteiger partial charge is 0.394 e. The molecule has 1 heterocycles. The quantitative estimate of drug-likeness (QED) is 0.901. The summed E-state index contributed by atoms with van der Waals surface area (Å²) >= 11 is 3.57. The highest BCUT2D eigenvalue weighted by Gasteiger charge is 2.31. The molecule has 3 atom stereocenters. The molecule has 2 unspecified atom stereocenters. The topological polar surface area (TPSA) is 43.7 Å². The zero-order chi connectivity index (χ0) is 13.3. The molecule has 18 heavy (non-hydrogen) atoms. The summed E-state index contributed by atoms with van der Waals surface area (Å²) < 4.78 is 0.980. The molecule has 0 saturated carbocycles. The van der Waals surface area contributed by atoms with Crippen LogP contribution in [0.25, 0.3) is 0 Å². The van der Waals surface area contributed by atoms with Gasteiger partial charge in [-0.2, -0.15) is 0 Å². The fraction of sp³-hybridized carbons (Fsp3) is 0.571. The monoisotopic (exact) mass is 313 g/mol. The third kappa shape index (κ3) is 2.56. The van der Waals surface area contributed by atoms with Gasteiger partial charge in [0.25, 0.3) is 0 Å². The molecule has 1 aliphatic rings. The van der Waals surface area contributed by atoms with Crippen LogP contribution < -0.4 is 4.90 Å². The Labute approximate surface area is 117 Å². The number of aliphatic hydroxyl groups is 2. The maximum Gasteiger partial charge on any atom is 0.0762 e. The first kappa shape index (κ1) is 13.8. The number of hydrogen-bond donors (Lipinski definition) is 2. The maximum atomic E-state index is 9.57. The third-order valence-electron chi connectivity index (χ3n) is 3.83. The van der Waals surface area contributed by atoms with Gasteiger partial charge in [-0.15, -0.1) is 0 Å². The molecule has 1 saturated heterocycles. The molecule has 0 radical (unpaired) electrons. The molecule has 1 aliphatic heterocycles. The first-order valence-corrected chi connectivity index (χ1v) is 7.19. The average molecular weight is 314 g/mol. The molecule has 3 nitrogen and oxygen atoms in total. The van der Waals surface area contributed by atoms with Crippen molar-refractivity contribution in [2.45, 2.75) is 32.4 Å². The average Bonchev–Trinajstić information content (AvgIpc) is 2.70. The van der Waals surface area contributed by atoms with E-state index in [-0.39, 0.29) is 12.6 Å². The van der Waals surface area contributed by atoms with E-state index in [1.54, 1.807) is 6.92 Å². The summed E-state index contributed by atoms with van der Waals surface area (Å²) in [6.45, 7) is 5.10. The van der Waals surface area contributed by atoms with Gasteiger partial charge in [-0.1, -0.05) is 13.0 Å². The first-order valence-electron chi connectivity index (χ1n) is 6.39. The van der Waals surface area contributed by atoms with Gasteiger partial charge in [0.1, 0.15) is 0 Å². The molecule has 0 amide bonds. The van der Waals surface area contributed by atoms with Crippen molar-refractivity contribution in [1.82, 2.24) is 0 Å². The lowest BCUT2D eigenvalue weighted by atomic mass is 10.0. The molecule has 100 valence electrons. The molecule has 0 aromatic heterocycles. The molecule has 1 aromatic carbocycles. The first-order chi connectivity index (χ1) is 8.54. The molecular weight excluding hydrogens is 294 g/mol. The standard InChI is InChI=1S/C14H20BrNO2/c1-9-5-6-16(14(9)8-17)13-4-3-11(10(2)18)7-12(13)15/h3-4,7,9-10,14,17-18H,5-6,8H2,1-2H3/t9?,10-,14?/m0/s1. The minimum Gasteiger partial charge on any atom is -0.394 e. The Hall–Kier alpha value is -0.580. The van der Waals surface area contributed by atoms with Gasteiger partial charge in [-0.25, -0.2) is 0 Å². The van der Waals surface area contributed by atoms with E-state index in [1.165, 1.54) is 0 Å². The molecule has 4 heteroatoms. The van der Waals surface area contributed by atoms with Gasteiger partial charge in [-0.05, 0) is 52.9 Å². The fourth-order valence-electron chi connectivity index (χ4n) is 2.60. The predicted octanol–water partition coefficient (Wildman–Crippen LogP) is 2.71. The van der Waals surface area contributed by atoms with E-state index in [0.717, 1.165) is 28.7 Å². The zero-order valence-corrected chi connectivity index (χ0v) is 12.4. The lowest BCUT2D eigenvalue weighted by Gasteiger charge is -2.28. The Morgan fingerprint density at radius 2 is 2.22 bits per heavy atom. The lowest BCUT2D eigenvalue weighted by Crippen LogP contribution is -2.35. The number of halogens is 1. The van der Waals surface area contributed by atoms with Crippen molar-refractivity contribution in [1.29, 1.82) is 0 Å². The van der Waals surface area contributed by atoms with Crippen LogP contribution in [0.1, 0.15) is 31.9 Å². The van der Waals surface area contributed by atoms with Gasteiger partial charge < -0.3 is 15.1 Å². The number of nitrogens with zero attached hydrogens (tertiary/aromatic N) is 1. The number of hydrogen-bond acceptors (Lipinski definition) is 3. The van der Waals surface area contributed by atoms with Crippen molar-refractivity contribution in [3.63, 3.8) is 0 Å². The van der Waals surface area contributed by atoms with Crippen molar-refractivity contribution in [2.24, 2.45) is 5.92 Å². The second kappa shape index (κ2) is 5.59. The van der Waals surface area contributed by atoms with Crippen molar-refractivity contribution >= 4 is 21.6 Å². The van der Waals surface area contributed by atoms with Gasteiger partial charge >= 0.3 is 0 Å². The summed E-state index contributed by atoms with van der Waals surface area (Å²) in [6, 6.07) is 6.12. The van der Waals surface area contributed by atoms with Crippen molar-refractivity contribution < 1.29 is 10.2 Å². The van der Waals surface area contributed by atoms with Crippen LogP contribution in [0.2, 0.25) is 0 Å². The van der Waals surface area contributed by atoms with Crippen LogP contribution in [0.15, 0.2) is 22.7 Å². The van der Waals surface area contributed by atoms with E-state index < -0.39 is 6.10 Å². The summed E-state index contributed by atoms with van der Waals surface area (Å²) in [5.41, 5.74) is 2.00. The predicted molar refractivity (Wildman–Crippen MR) is 76.8 cm³/mol. The zero-order valence-electron chi connectivity index (χ0n) is 10.8. The van der Waals surface area contributed by atoms with Crippen LogP contribution in [0.3, 0.4) is 0 Å². The maximum absolute atomic E-state index is 9.57. The molecule has 0 spiro atoms. The van der Waals surface area contributed by atoms with Crippen LogP contribution in [-0.4, -0.2) is 29.4 Å². The lowest BCUT2D eigenvalue weighted by molar-refractivity contribution is 0.199. The second-order valence-electron chi connectivity index (χ2n) is 5.10. The smallest absolute Gasteiger partial charge is 0.0762 e. The molecule has 0 aliphatic carbocycles. The van der Waals surface area contributed by atoms with Crippen molar-refractivity contribution in [3.05, 3.63) is 28.2 Å². The SMILES string of the molecule is CC1CCN(c2ccc([C@H](C)O)cc2Br)C1CO. The number of aliphatic hydroxyl groups excluding tert-OH is 2. The molecule has 2 N–H and O–H groups in total. The molecule has 0 bridgehead atoms. The Kier molecular flexibility index (Phi) is 4.30. The van der Waals surface area contributed by atoms with Gasteiger partial charge in [0.15, 0.2) is 0 Å². The Bertz CT molecular complexity index is 422. The molecule has 1 aromatic rings. The van der Waals surface area contributed by atoms with Crippen molar-refractivity contribution in [3.8, 4) is 0 Å². The van der Waals surface area contributed by atoms with Crippen LogP contribution in [0.4, 0.5) is 5.69 Å². The Balaban J connectivity index is 2.28. The van der Waals surface area contributed by atoms with Crippen molar-refractivity contribution in [2.75, 3.05) is 18.1 Å². The van der Waals surface area contributed by atoms with Gasteiger partial charge in [0, 0.05) is 11.0 Å². The highest BCUT2D eigenvalue weighted by molar-refractivity contribution is 9.10. The number of rotatable bonds is 3. The highest BCUT2D eigenvalue weighted by Crippen LogP contribution is 2.35. The molecule has 2 rings (SSSR count). The highest BCUT2D eigenvalue weighted by atomic mass is 79.9.